The SMILES string of the molecule is CN(Cc1cccc(N)c1)c1ncc(F)cc1F. The van der Waals surface area contributed by atoms with Crippen LogP contribution in [0.15, 0.2) is 36.5 Å². The normalized spacial score (nSPS) is 10.4. The third kappa shape index (κ3) is 2.74. The topological polar surface area (TPSA) is 42.1 Å². The van der Waals surface area contributed by atoms with Gasteiger partial charge in [-0.05, 0) is 17.7 Å². The number of hydrogen-bond donors (Lipinski definition) is 1. The van der Waals surface area contributed by atoms with E-state index >= 15 is 0 Å². The standard InChI is InChI=1S/C13H13F2N3/c1-18(8-9-3-2-4-11(16)5-9)13-12(15)6-10(14)7-17-13/h2-7H,8,16H2,1H3. The summed E-state index contributed by atoms with van der Waals surface area (Å²) in [5.74, 6) is -1.26. The lowest BCUT2D eigenvalue weighted by Crippen LogP contribution is -2.19. The smallest absolute Gasteiger partial charge is 0.168 e. The Balaban J connectivity index is 2.19. The molecule has 0 aliphatic rings. The molecule has 0 atom stereocenters. The Hall–Kier alpha value is -2.17. The van der Waals surface area contributed by atoms with Crippen LogP contribution in [0.4, 0.5) is 20.3 Å². The van der Waals surface area contributed by atoms with Crippen molar-refractivity contribution >= 4 is 11.5 Å². The molecule has 0 saturated heterocycles. The Morgan fingerprint density at radius 1 is 1.28 bits per heavy atom. The molecule has 0 radical (unpaired) electrons. The molecular weight excluding hydrogens is 236 g/mol. The highest BCUT2D eigenvalue weighted by molar-refractivity contribution is 5.44. The first-order valence-electron chi connectivity index (χ1n) is 5.43. The fourth-order valence-corrected chi connectivity index (χ4v) is 1.73. The van der Waals surface area contributed by atoms with Gasteiger partial charge in [-0.25, -0.2) is 13.8 Å². The molecule has 0 bridgehead atoms. The first kappa shape index (κ1) is 12.3. The highest BCUT2D eigenvalue weighted by Gasteiger charge is 2.10. The predicted octanol–water partition coefficient (Wildman–Crippen LogP) is 2.58. The van der Waals surface area contributed by atoms with E-state index in [0.717, 1.165) is 17.8 Å². The van der Waals surface area contributed by atoms with Gasteiger partial charge in [-0.1, -0.05) is 12.1 Å². The van der Waals surface area contributed by atoms with Gasteiger partial charge in [0.15, 0.2) is 11.6 Å². The summed E-state index contributed by atoms with van der Waals surface area (Å²) in [4.78, 5) is 5.34. The Labute approximate surface area is 104 Å². The van der Waals surface area contributed by atoms with Crippen molar-refractivity contribution in [3.05, 3.63) is 53.7 Å². The first-order valence-corrected chi connectivity index (χ1v) is 5.43. The third-order valence-electron chi connectivity index (χ3n) is 2.52. The molecule has 0 saturated carbocycles. The summed E-state index contributed by atoms with van der Waals surface area (Å²) in [7, 11) is 1.69. The van der Waals surface area contributed by atoms with E-state index in [2.05, 4.69) is 4.98 Å². The minimum atomic E-state index is -0.686. The van der Waals surface area contributed by atoms with E-state index in [0.29, 0.717) is 12.2 Å². The number of benzene rings is 1. The molecule has 1 aromatic carbocycles. The second kappa shape index (κ2) is 5.00. The summed E-state index contributed by atoms with van der Waals surface area (Å²) in [5, 5.41) is 0. The Kier molecular flexibility index (Phi) is 3.41. The van der Waals surface area contributed by atoms with Crippen molar-refractivity contribution in [1.82, 2.24) is 4.98 Å². The van der Waals surface area contributed by atoms with Gasteiger partial charge in [0.1, 0.15) is 5.82 Å². The molecule has 0 amide bonds. The Morgan fingerprint density at radius 2 is 2.06 bits per heavy atom. The maximum atomic E-state index is 13.5. The zero-order chi connectivity index (χ0) is 13.1. The number of pyridine rings is 1. The molecule has 0 spiro atoms. The van der Waals surface area contributed by atoms with Crippen LogP contribution in [0, 0.1) is 11.6 Å². The molecule has 5 heteroatoms. The second-order valence-electron chi connectivity index (χ2n) is 4.06. The zero-order valence-electron chi connectivity index (χ0n) is 9.90. The van der Waals surface area contributed by atoms with Crippen molar-refractivity contribution in [3.8, 4) is 0 Å². The minimum absolute atomic E-state index is 0.110. The van der Waals surface area contributed by atoms with E-state index in [-0.39, 0.29) is 5.82 Å². The molecule has 0 aliphatic heterocycles. The van der Waals surface area contributed by atoms with Gasteiger partial charge in [0.25, 0.3) is 0 Å². The molecule has 3 nitrogen and oxygen atoms in total. The molecule has 94 valence electrons. The summed E-state index contributed by atoms with van der Waals surface area (Å²) < 4.78 is 26.3. The van der Waals surface area contributed by atoms with Crippen molar-refractivity contribution < 1.29 is 8.78 Å². The van der Waals surface area contributed by atoms with Gasteiger partial charge in [-0.15, -0.1) is 0 Å². The van der Waals surface area contributed by atoms with Crippen LogP contribution in [0.3, 0.4) is 0 Å². The summed E-state index contributed by atoms with van der Waals surface area (Å²) in [5.41, 5.74) is 7.25. The third-order valence-corrected chi connectivity index (χ3v) is 2.52. The van der Waals surface area contributed by atoms with Gasteiger partial charge >= 0.3 is 0 Å². The molecule has 1 heterocycles. The number of nitrogens with zero attached hydrogens (tertiary/aromatic N) is 2. The number of nitrogen functional groups attached to an aromatic ring is 1. The van der Waals surface area contributed by atoms with Gasteiger partial charge in [0, 0.05) is 25.3 Å². The fraction of sp³-hybridized carbons (Fsp3) is 0.154. The number of nitrogens with two attached hydrogens (primary N) is 1. The van der Waals surface area contributed by atoms with Crippen LogP contribution in [0.2, 0.25) is 0 Å². The molecule has 0 aliphatic carbocycles. The van der Waals surface area contributed by atoms with Crippen LogP contribution in [0.1, 0.15) is 5.56 Å². The van der Waals surface area contributed by atoms with E-state index < -0.39 is 11.6 Å². The van der Waals surface area contributed by atoms with Crippen LogP contribution in [-0.4, -0.2) is 12.0 Å². The van der Waals surface area contributed by atoms with Crippen LogP contribution in [0.5, 0.6) is 0 Å². The van der Waals surface area contributed by atoms with Crippen molar-refractivity contribution in [2.24, 2.45) is 0 Å². The van der Waals surface area contributed by atoms with Crippen molar-refractivity contribution in [3.63, 3.8) is 0 Å². The summed E-state index contributed by atoms with van der Waals surface area (Å²) in [6.45, 7) is 0.445. The molecule has 0 unspecified atom stereocenters. The van der Waals surface area contributed by atoms with E-state index in [9.17, 15) is 8.78 Å². The summed E-state index contributed by atoms with van der Waals surface area (Å²) in [6, 6.07) is 8.11. The highest BCUT2D eigenvalue weighted by Crippen LogP contribution is 2.18. The number of hydrogen-bond acceptors (Lipinski definition) is 3. The molecule has 0 fully saturated rings. The molecule has 1 aromatic heterocycles. The molecule has 2 aromatic rings. The number of anilines is 2. The molecule has 2 rings (SSSR count). The second-order valence-corrected chi connectivity index (χ2v) is 4.06. The van der Waals surface area contributed by atoms with Crippen LogP contribution in [-0.2, 0) is 6.54 Å². The first-order chi connectivity index (χ1) is 8.56. The average molecular weight is 249 g/mol. The predicted molar refractivity (Wildman–Crippen MR) is 67.1 cm³/mol. The maximum absolute atomic E-state index is 13.5. The quantitative estimate of drug-likeness (QED) is 0.850. The van der Waals surface area contributed by atoms with Crippen molar-refractivity contribution in [2.45, 2.75) is 6.54 Å². The average Bonchev–Trinajstić information content (AvgIpc) is 2.28. The van der Waals surface area contributed by atoms with Crippen LogP contribution < -0.4 is 10.6 Å². The molecule has 18 heavy (non-hydrogen) atoms. The lowest BCUT2D eigenvalue weighted by atomic mass is 10.2. The Morgan fingerprint density at radius 3 is 2.72 bits per heavy atom. The van der Waals surface area contributed by atoms with Crippen molar-refractivity contribution in [2.75, 3.05) is 17.7 Å². The zero-order valence-corrected chi connectivity index (χ0v) is 9.90. The summed E-state index contributed by atoms with van der Waals surface area (Å²) >= 11 is 0. The number of halogens is 2. The number of aromatic nitrogens is 1. The fourth-order valence-electron chi connectivity index (χ4n) is 1.73. The lowest BCUT2D eigenvalue weighted by Gasteiger charge is -2.18. The highest BCUT2D eigenvalue weighted by atomic mass is 19.1. The van der Waals surface area contributed by atoms with E-state index in [4.69, 9.17) is 5.73 Å². The monoisotopic (exact) mass is 249 g/mol. The largest absolute Gasteiger partial charge is 0.399 e. The van der Waals surface area contributed by atoms with Gasteiger partial charge in [-0.2, -0.15) is 0 Å². The minimum Gasteiger partial charge on any atom is -0.399 e. The number of rotatable bonds is 3. The van der Waals surface area contributed by atoms with Crippen molar-refractivity contribution in [1.29, 1.82) is 0 Å². The van der Waals surface area contributed by atoms with E-state index in [1.54, 1.807) is 24.1 Å². The van der Waals surface area contributed by atoms with Gasteiger partial charge in [0.05, 0.1) is 6.20 Å². The van der Waals surface area contributed by atoms with Gasteiger partial charge < -0.3 is 10.6 Å². The summed E-state index contributed by atoms with van der Waals surface area (Å²) in [6.07, 6.45) is 0.994. The van der Waals surface area contributed by atoms with Gasteiger partial charge in [0.2, 0.25) is 0 Å². The van der Waals surface area contributed by atoms with E-state index in [1.807, 2.05) is 12.1 Å². The molecular formula is C13H13F2N3. The maximum Gasteiger partial charge on any atom is 0.168 e. The van der Waals surface area contributed by atoms with Gasteiger partial charge in [-0.3, -0.25) is 0 Å². The molecule has 2 N–H and O–H groups in total. The lowest BCUT2D eigenvalue weighted by molar-refractivity contribution is 0.570. The Bertz CT molecular complexity index is 558. The van der Waals surface area contributed by atoms with E-state index in [1.165, 1.54) is 0 Å². The van der Waals surface area contributed by atoms with Crippen LogP contribution in [0.25, 0.3) is 0 Å². The van der Waals surface area contributed by atoms with Crippen LogP contribution >= 0.6 is 0 Å².